The number of hydrogen-bond acceptors (Lipinski definition) is 2. The van der Waals surface area contributed by atoms with Gasteiger partial charge in [-0.3, -0.25) is 4.68 Å². The first-order valence-corrected chi connectivity index (χ1v) is 4.03. The van der Waals surface area contributed by atoms with Crippen LogP contribution in [0.3, 0.4) is 0 Å². The SMILES string of the molecule is NCC(F)Cn1cc(Br)cn1. The zero-order valence-corrected chi connectivity index (χ0v) is 7.46. The van der Waals surface area contributed by atoms with Crippen molar-refractivity contribution in [1.82, 2.24) is 9.78 Å². The van der Waals surface area contributed by atoms with Crippen molar-refractivity contribution in [3.8, 4) is 0 Å². The summed E-state index contributed by atoms with van der Waals surface area (Å²) >= 11 is 3.21. The Morgan fingerprint density at radius 2 is 2.55 bits per heavy atom. The standard InChI is InChI=1S/C6H9BrFN3/c7-5-2-10-11(3-5)4-6(8)1-9/h2-3,6H,1,4,9H2. The maximum absolute atomic E-state index is 12.6. The van der Waals surface area contributed by atoms with Gasteiger partial charge in [-0.1, -0.05) is 0 Å². The number of alkyl halides is 1. The van der Waals surface area contributed by atoms with Gasteiger partial charge in [-0.25, -0.2) is 4.39 Å². The first-order chi connectivity index (χ1) is 5.22. The monoisotopic (exact) mass is 221 g/mol. The molecule has 1 aromatic rings. The minimum atomic E-state index is -1.01. The van der Waals surface area contributed by atoms with Gasteiger partial charge in [0.2, 0.25) is 0 Å². The van der Waals surface area contributed by atoms with Gasteiger partial charge in [0, 0.05) is 12.7 Å². The van der Waals surface area contributed by atoms with Crippen molar-refractivity contribution in [2.24, 2.45) is 5.73 Å². The largest absolute Gasteiger partial charge is 0.328 e. The van der Waals surface area contributed by atoms with Crippen LogP contribution in [0.4, 0.5) is 4.39 Å². The average Bonchev–Trinajstić information content (AvgIpc) is 2.35. The van der Waals surface area contributed by atoms with E-state index in [9.17, 15) is 4.39 Å². The Hall–Kier alpha value is -0.420. The quantitative estimate of drug-likeness (QED) is 0.827. The molecule has 62 valence electrons. The molecule has 0 bridgehead atoms. The normalized spacial score (nSPS) is 13.4. The third kappa shape index (κ3) is 2.59. The van der Waals surface area contributed by atoms with Crippen molar-refractivity contribution in [3.05, 3.63) is 16.9 Å². The van der Waals surface area contributed by atoms with Crippen molar-refractivity contribution in [3.63, 3.8) is 0 Å². The summed E-state index contributed by atoms with van der Waals surface area (Å²) in [6.07, 6.45) is 2.31. The zero-order valence-electron chi connectivity index (χ0n) is 5.87. The minimum Gasteiger partial charge on any atom is -0.328 e. The van der Waals surface area contributed by atoms with Crippen molar-refractivity contribution in [1.29, 1.82) is 0 Å². The minimum absolute atomic E-state index is 0.0392. The number of nitrogens with two attached hydrogens (primary N) is 1. The van der Waals surface area contributed by atoms with Gasteiger partial charge in [0.15, 0.2) is 0 Å². The van der Waals surface area contributed by atoms with Crippen LogP contribution < -0.4 is 5.73 Å². The molecular formula is C6H9BrFN3. The summed E-state index contributed by atoms with van der Waals surface area (Å²) < 4.78 is 15.0. The lowest BCUT2D eigenvalue weighted by molar-refractivity contribution is 0.293. The second kappa shape index (κ2) is 3.82. The highest BCUT2D eigenvalue weighted by Gasteiger charge is 2.04. The Labute approximate surface area is 72.5 Å². The van der Waals surface area contributed by atoms with Crippen LogP contribution in [0.2, 0.25) is 0 Å². The third-order valence-electron chi connectivity index (χ3n) is 1.24. The number of nitrogens with zero attached hydrogens (tertiary/aromatic N) is 2. The maximum Gasteiger partial charge on any atom is 0.132 e. The van der Waals surface area contributed by atoms with Gasteiger partial charge < -0.3 is 5.73 Å². The van der Waals surface area contributed by atoms with Crippen molar-refractivity contribution < 1.29 is 4.39 Å². The highest BCUT2D eigenvalue weighted by atomic mass is 79.9. The van der Waals surface area contributed by atoms with Gasteiger partial charge in [-0.05, 0) is 15.9 Å². The first kappa shape index (κ1) is 8.67. The van der Waals surface area contributed by atoms with E-state index >= 15 is 0 Å². The van der Waals surface area contributed by atoms with Crippen molar-refractivity contribution in [2.75, 3.05) is 6.54 Å². The predicted molar refractivity (Wildman–Crippen MR) is 43.9 cm³/mol. The van der Waals surface area contributed by atoms with Gasteiger partial charge in [0.05, 0.1) is 17.2 Å². The molecule has 0 fully saturated rings. The van der Waals surface area contributed by atoms with Crippen LogP contribution in [-0.4, -0.2) is 22.5 Å². The molecule has 0 aromatic carbocycles. The molecule has 0 aliphatic heterocycles. The molecule has 0 radical (unpaired) electrons. The smallest absolute Gasteiger partial charge is 0.132 e. The molecule has 3 nitrogen and oxygen atoms in total. The maximum atomic E-state index is 12.6. The van der Waals surface area contributed by atoms with Gasteiger partial charge in [0.1, 0.15) is 6.17 Å². The molecule has 0 spiro atoms. The van der Waals surface area contributed by atoms with Gasteiger partial charge in [0.25, 0.3) is 0 Å². The van der Waals surface area contributed by atoms with E-state index in [1.807, 2.05) is 0 Å². The number of rotatable bonds is 3. The van der Waals surface area contributed by atoms with Crippen LogP contribution in [0.15, 0.2) is 16.9 Å². The molecule has 1 atom stereocenters. The number of halogens is 2. The molecule has 1 unspecified atom stereocenters. The molecule has 0 amide bonds. The fourth-order valence-corrected chi connectivity index (χ4v) is 1.04. The van der Waals surface area contributed by atoms with E-state index in [2.05, 4.69) is 21.0 Å². The second-order valence-electron chi connectivity index (χ2n) is 2.21. The van der Waals surface area contributed by atoms with Crippen LogP contribution in [0.5, 0.6) is 0 Å². The first-order valence-electron chi connectivity index (χ1n) is 3.24. The molecular weight excluding hydrogens is 213 g/mol. The van der Waals surface area contributed by atoms with Crippen LogP contribution in [0.1, 0.15) is 0 Å². The summed E-state index contributed by atoms with van der Waals surface area (Å²) in [7, 11) is 0. The summed E-state index contributed by atoms with van der Waals surface area (Å²) in [5.74, 6) is 0. The van der Waals surface area contributed by atoms with Crippen LogP contribution in [0.25, 0.3) is 0 Å². The summed E-state index contributed by atoms with van der Waals surface area (Å²) in [4.78, 5) is 0. The Morgan fingerprint density at radius 3 is 3.00 bits per heavy atom. The summed E-state index contributed by atoms with van der Waals surface area (Å²) in [6.45, 7) is 0.263. The Bertz CT molecular complexity index is 225. The Morgan fingerprint density at radius 1 is 1.82 bits per heavy atom. The van der Waals surface area contributed by atoms with Crippen LogP contribution >= 0.6 is 15.9 Å². The van der Waals surface area contributed by atoms with Gasteiger partial charge in [-0.2, -0.15) is 5.10 Å². The van der Waals surface area contributed by atoms with E-state index in [-0.39, 0.29) is 13.1 Å². The van der Waals surface area contributed by atoms with E-state index in [0.717, 1.165) is 4.47 Å². The molecule has 1 heterocycles. The van der Waals surface area contributed by atoms with E-state index in [4.69, 9.17) is 5.73 Å². The molecule has 0 aliphatic carbocycles. The van der Waals surface area contributed by atoms with E-state index < -0.39 is 6.17 Å². The Kier molecular flexibility index (Phi) is 3.02. The molecule has 5 heteroatoms. The van der Waals surface area contributed by atoms with E-state index in [1.54, 1.807) is 12.4 Å². The fraction of sp³-hybridized carbons (Fsp3) is 0.500. The average molecular weight is 222 g/mol. The predicted octanol–water partition coefficient (Wildman–Crippen LogP) is 0.942. The second-order valence-corrected chi connectivity index (χ2v) is 3.13. The van der Waals surface area contributed by atoms with Crippen LogP contribution in [0, 0.1) is 0 Å². The van der Waals surface area contributed by atoms with Crippen molar-refractivity contribution >= 4 is 15.9 Å². The fourth-order valence-electron chi connectivity index (χ4n) is 0.716. The van der Waals surface area contributed by atoms with Gasteiger partial charge >= 0.3 is 0 Å². The molecule has 0 aliphatic rings. The molecule has 1 rings (SSSR count). The third-order valence-corrected chi connectivity index (χ3v) is 1.65. The summed E-state index contributed by atoms with van der Waals surface area (Å²) in [5, 5.41) is 3.88. The zero-order chi connectivity index (χ0) is 8.27. The summed E-state index contributed by atoms with van der Waals surface area (Å²) in [6, 6.07) is 0. The molecule has 0 saturated heterocycles. The highest BCUT2D eigenvalue weighted by molar-refractivity contribution is 9.10. The Balaban J connectivity index is 2.50. The lowest BCUT2D eigenvalue weighted by atomic mass is 10.4. The number of aromatic nitrogens is 2. The molecule has 1 aromatic heterocycles. The van der Waals surface area contributed by atoms with E-state index in [0.29, 0.717) is 0 Å². The topological polar surface area (TPSA) is 43.8 Å². The molecule has 11 heavy (non-hydrogen) atoms. The number of hydrogen-bond donors (Lipinski definition) is 1. The van der Waals surface area contributed by atoms with Crippen molar-refractivity contribution in [2.45, 2.75) is 12.7 Å². The summed E-state index contributed by atoms with van der Waals surface area (Å²) in [5.41, 5.74) is 5.10. The lowest BCUT2D eigenvalue weighted by Gasteiger charge is -2.03. The highest BCUT2D eigenvalue weighted by Crippen LogP contribution is 2.06. The lowest BCUT2D eigenvalue weighted by Crippen LogP contribution is -2.21. The molecule has 0 saturated carbocycles. The van der Waals surface area contributed by atoms with E-state index in [1.165, 1.54) is 4.68 Å². The van der Waals surface area contributed by atoms with Gasteiger partial charge in [-0.15, -0.1) is 0 Å². The van der Waals surface area contributed by atoms with Crippen LogP contribution in [-0.2, 0) is 6.54 Å². The molecule has 2 N–H and O–H groups in total.